The number of rotatable bonds is 4. The average molecular weight is 379 g/mol. The maximum Gasteiger partial charge on any atom is 0.269 e. The van der Waals surface area contributed by atoms with Crippen LogP contribution in [0.5, 0.6) is 0 Å². The molecule has 2 fully saturated rings. The Hall–Kier alpha value is -1.93. The highest BCUT2D eigenvalue weighted by atomic mass is 32.2. The van der Waals surface area contributed by atoms with Crippen LogP contribution in [0.2, 0.25) is 0 Å². The molecule has 1 aromatic carbocycles. The molecule has 2 amide bonds. The van der Waals surface area contributed by atoms with Crippen LogP contribution in [0.3, 0.4) is 0 Å². The molecule has 1 aromatic rings. The number of hydrazine groups is 1. The van der Waals surface area contributed by atoms with E-state index in [2.05, 4.69) is 10.9 Å². The molecule has 7 nitrogen and oxygen atoms in total. The van der Waals surface area contributed by atoms with Crippen molar-refractivity contribution < 1.29 is 18.0 Å². The molecule has 142 valence electrons. The standard InChI is InChI=1S/C18H25N3O4S/c22-17(14-6-2-1-3-7-14)19-20-18(23)15-8-10-16(11-9-15)26(24,25)21-12-4-5-13-21/h8-11,14H,1-7,12-13H2,(H,19,22)(H,20,23). The van der Waals surface area contributed by atoms with E-state index < -0.39 is 15.9 Å². The summed E-state index contributed by atoms with van der Waals surface area (Å²) in [7, 11) is -3.49. The van der Waals surface area contributed by atoms with E-state index in [0.717, 1.165) is 44.9 Å². The molecule has 1 aliphatic heterocycles. The Labute approximate surface area is 154 Å². The van der Waals surface area contributed by atoms with E-state index in [0.29, 0.717) is 18.7 Å². The van der Waals surface area contributed by atoms with Crippen molar-refractivity contribution >= 4 is 21.8 Å². The van der Waals surface area contributed by atoms with Crippen LogP contribution in [0.4, 0.5) is 0 Å². The molecule has 2 aliphatic rings. The second-order valence-electron chi connectivity index (χ2n) is 6.91. The van der Waals surface area contributed by atoms with E-state index >= 15 is 0 Å². The third kappa shape index (κ3) is 4.24. The largest absolute Gasteiger partial charge is 0.273 e. The molecule has 0 spiro atoms. The molecule has 3 rings (SSSR count). The van der Waals surface area contributed by atoms with Crippen LogP contribution >= 0.6 is 0 Å². The topological polar surface area (TPSA) is 95.6 Å². The molecule has 1 saturated carbocycles. The van der Waals surface area contributed by atoms with Gasteiger partial charge in [-0.1, -0.05) is 19.3 Å². The molecule has 8 heteroatoms. The van der Waals surface area contributed by atoms with Crippen LogP contribution in [0.25, 0.3) is 0 Å². The zero-order valence-corrected chi connectivity index (χ0v) is 15.6. The fourth-order valence-corrected chi connectivity index (χ4v) is 5.03. The van der Waals surface area contributed by atoms with Crippen molar-refractivity contribution in [1.82, 2.24) is 15.2 Å². The Morgan fingerprint density at radius 1 is 0.885 bits per heavy atom. The maximum atomic E-state index is 12.5. The van der Waals surface area contributed by atoms with Crippen molar-refractivity contribution in [3.63, 3.8) is 0 Å². The van der Waals surface area contributed by atoms with Crippen molar-refractivity contribution in [2.75, 3.05) is 13.1 Å². The fourth-order valence-electron chi connectivity index (χ4n) is 3.51. The first-order valence-electron chi connectivity index (χ1n) is 9.19. The van der Waals surface area contributed by atoms with Gasteiger partial charge < -0.3 is 0 Å². The molecule has 26 heavy (non-hydrogen) atoms. The molecule has 0 unspecified atom stereocenters. The highest BCUT2D eigenvalue weighted by Crippen LogP contribution is 2.23. The van der Waals surface area contributed by atoms with E-state index in [1.165, 1.54) is 28.6 Å². The first kappa shape index (κ1) is 18.8. The lowest BCUT2D eigenvalue weighted by atomic mass is 9.89. The Morgan fingerprint density at radius 3 is 2.12 bits per heavy atom. The number of benzene rings is 1. The minimum absolute atomic E-state index is 0.0444. The monoisotopic (exact) mass is 379 g/mol. The number of amides is 2. The van der Waals surface area contributed by atoms with E-state index in [-0.39, 0.29) is 16.7 Å². The van der Waals surface area contributed by atoms with Crippen molar-refractivity contribution in [2.24, 2.45) is 5.92 Å². The molecule has 0 bridgehead atoms. The van der Waals surface area contributed by atoms with Gasteiger partial charge in [-0.3, -0.25) is 20.4 Å². The van der Waals surface area contributed by atoms with E-state index in [1.807, 2.05) is 0 Å². The summed E-state index contributed by atoms with van der Waals surface area (Å²) < 4.78 is 26.4. The molecule has 0 atom stereocenters. The zero-order valence-electron chi connectivity index (χ0n) is 14.7. The second-order valence-corrected chi connectivity index (χ2v) is 8.85. The van der Waals surface area contributed by atoms with Crippen LogP contribution in [0, 0.1) is 5.92 Å². The Balaban J connectivity index is 1.57. The number of nitrogens with zero attached hydrogens (tertiary/aromatic N) is 1. The number of hydrogen-bond donors (Lipinski definition) is 2. The highest BCUT2D eigenvalue weighted by molar-refractivity contribution is 7.89. The summed E-state index contributed by atoms with van der Waals surface area (Å²) in [5.74, 6) is -0.664. The molecule has 1 saturated heterocycles. The molecular weight excluding hydrogens is 354 g/mol. The molecule has 0 radical (unpaired) electrons. The first-order chi connectivity index (χ1) is 12.5. The van der Waals surface area contributed by atoms with Gasteiger partial charge in [-0.15, -0.1) is 0 Å². The van der Waals surface area contributed by atoms with Crippen LogP contribution in [0.15, 0.2) is 29.2 Å². The molecule has 1 heterocycles. The fraction of sp³-hybridized carbons (Fsp3) is 0.556. The van der Waals surface area contributed by atoms with Crippen LogP contribution in [0.1, 0.15) is 55.3 Å². The summed E-state index contributed by atoms with van der Waals surface area (Å²) in [5.41, 5.74) is 5.19. The molecule has 1 aliphatic carbocycles. The zero-order chi connectivity index (χ0) is 18.6. The van der Waals surface area contributed by atoms with Gasteiger partial charge in [0.25, 0.3) is 5.91 Å². The summed E-state index contributed by atoms with van der Waals surface area (Å²) in [5, 5.41) is 0. The maximum absolute atomic E-state index is 12.5. The summed E-state index contributed by atoms with van der Waals surface area (Å²) >= 11 is 0. The van der Waals surface area contributed by atoms with Gasteiger partial charge in [0.15, 0.2) is 0 Å². The van der Waals surface area contributed by atoms with Gasteiger partial charge in [-0.05, 0) is 49.9 Å². The van der Waals surface area contributed by atoms with Gasteiger partial charge >= 0.3 is 0 Å². The highest BCUT2D eigenvalue weighted by Gasteiger charge is 2.27. The summed E-state index contributed by atoms with van der Waals surface area (Å²) in [6.45, 7) is 1.08. The van der Waals surface area contributed by atoms with E-state index in [9.17, 15) is 18.0 Å². The lowest BCUT2D eigenvalue weighted by molar-refractivity contribution is -0.126. The van der Waals surface area contributed by atoms with Crippen molar-refractivity contribution in [2.45, 2.75) is 49.8 Å². The number of carbonyl (C=O) groups is 2. The number of hydrogen-bond acceptors (Lipinski definition) is 4. The van der Waals surface area contributed by atoms with Crippen molar-refractivity contribution in [3.05, 3.63) is 29.8 Å². The Morgan fingerprint density at radius 2 is 1.50 bits per heavy atom. The van der Waals surface area contributed by atoms with Crippen molar-refractivity contribution in [3.8, 4) is 0 Å². The van der Waals surface area contributed by atoms with E-state index in [1.54, 1.807) is 0 Å². The summed E-state index contributed by atoms with van der Waals surface area (Å²) in [6.07, 6.45) is 6.69. The average Bonchev–Trinajstić information content (AvgIpc) is 3.22. The first-order valence-corrected chi connectivity index (χ1v) is 10.6. The van der Waals surface area contributed by atoms with Gasteiger partial charge in [0.2, 0.25) is 15.9 Å². The smallest absolute Gasteiger partial charge is 0.269 e. The molecule has 0 aromatic heterocycles. The minimum Gasteiger partial charge on any atom is -0.273 e. The minimum atomic E-state index is -3.49. The van der Waals surface area contributed by atoms with E-state index in [4.69, 9.17) is 0 Å². The SMILES string of the molecule is O=C(NNC(=O)C1CCCCC1)c1ccc(S(=O)(=O)N2CCCC2)cc1. The number of sulfonamides is 1. The molecular formula is C18H25N3O4S. The number of nitrogens with one attached hydrogen (secondary N) is 2. The Bertz CT molecular complexity index is 749. The van der Waals surface area contributed by atoms with Gasteiger partial charge in [-0.2, -0.15) is 4.31 Å². The normalized spacial score (nSPS) is 19.2. The summed E-state index contributed by atoms with van der Waals surface area (Å²) in [6, 6.07) is 5.80. The van der Waals surface area contributed by atoms with Crippen molar-refractivity contribution in [1.29, 1.82) is 0 Å². The quantitative estimate of drug-likeness (QED) is 0.780. The number of carbonyl (C=O) groups excluding carboxylic acids is 2. The third-order valence-corrected chi connectivity index (χ3v) is 7.01. The Kier molecular flexibility index (Phi) is 5.93. The predicted molar refractivity (Wildman–Crippen MR) is 96.6 cm³/mol. The van der Waals surface area contributed by atoms with Crippen LogP contribution < -0.4 is 10.9 Å². The molecule has 2 N–H and O–H groups in total. The third-order valence-electron chi connectivity index (χ3n) is 5.09. The van der Waals surface area contributed by atoms with Gasteiger partial charge in [0, 0.05) is 24.6 Å². The van der Waals surface area contributed by atoms with Gasteiger partial charge in [-0.25, -0.2) is 8.42 Å². The predicted octanol–water partition coefficient (Wildman–Crippen LogP) is 1.81. The van der Waals surface area contributed by atoms with Crippen LogP contribution in [-0.2, 0) is 14.8 Å². The van der Waals surface area contributed by atoms with Crippen LogP contribution in [-0.4, -0.2) is 37.6 Å². The lowest BCUT2D eigenvalue weighted by Gasteiger charge is -2.20. The lowest BCUT2D eigenvalue weighted by Crippen LogP contribution is -2.44. The second kappa shape index (κ2) is 8.18. The summed E-state index contributed by atoms with van der Waals surface area (Å²) in [4.78, 5) is 24.4. The van der Waals surface area contributed by atoms with Gasteiger partial charge in [0.1, 0.15) is 0 Å². The van der Waals surface area contributed by atoms with Gasteiger partial charge in [0.05, 0.1) is 4.90 Å².